The predicted octanol–water partition coefficient (Wildman–Crippen LogP) is 4.22. The average molecular weight is 273 g/mol. The second-order valence-corrected chi connectivity index (χ2v) is 4.70. The molecule has 2 heterocycles. The van der Waals surface area contributed by atoms with Gasteiger partial charge in [-0.2, -0.15) is 0 Å². The molecule has 0 atom stereocenters. The van der Waals surface area contributed by atoms with Crippen molar-refractivity contribution in [2.24, 2.45) is 4.99 Å². The van der Waals surface area contributed by atoms with Gasteiger partial charge in [-0.15, -0.1) is 0 Å². The van der Waals surface area contributed by atoms with E-state index < -0.39 is 0 Å². The average Bonchev–Trinajstić information content (AvgIpc) is 2.55. The molecular weight excluding hydrogens is 258 g/mol. The molecule has 0 saturated heterocycles. The van der Waals surface area contributed by atoms with Crippen molar-refractivity contribution in [2.45, 2.75) is 6.42 Å². The number of fused-ring (bicyclic) bond motifs is 1. The van der Waals surface area contributed by atoms with Crippen molar-refractivity contribution < 1.29 is 0 Å². The zero-order chi connectivity index (χ0) is 14.5. The molecule has 0 radical (unpaired) electrons. The van der Waals surface area contributed by atoms with E-state index in [4.69, 9.17) is 0 Å². The third-order valence-corrected chi connectivity index (χ3v) is 3.28. The van der Waals surface area contributed by atoms with E-state index in [9.17, 15) is 0 Å². The minimum atomic E-state index is 0.762. The van der Waals surface area contributed by atoms with Crippen LogP contribution in [0.3, 0.4) is 0 Å². The topological polar surface area (TPSA) is 38.1 Å². The molecule has 3 heteroatoms. The van der Waals surface area contributed by atoms with Crippen molar-refractivity contribution in [3.8, 4) is 0 Å². The van der Waals surface area contributed by atoms with Crippen LogP contribution in [-0.2, 0) is 6.42 Å². The fourth-order valence-corrected chi connectivity index (χ4v) is 2.20. The first kappa shape index (κ1) is 13.2. The molecule has 0 bridgehead atoms. The van der Waals surface area contributed by atoms with Crippen molar-refractivity contribution >= 4 is 29.4 Å². The van der Waals surface area contributed by atoms with Gasteiger partial charge in [0.2, 0.25) is 0 Å². The number of benzene rings is 1. The van der Waals surface area contributed by atoms with E-state index in [-0.39, 0.29) is 0 Å². The van der Waals surface area contributed by atoms with Crippen LogP contribution in [0.1, 0.15) is 11.3 Å². The van der Waals surface area contributed by atoms with E-state index >= 15 is 0 Å². The predicted molar refractivity (Wildman–Crippen MR) is 87.9 cm³/mol. The fourth-order valence-electron chi connectivity index (χ4n) is 2.20. The van der Waals surface area contributed by atoms with Crippen molar-refractivity contribution in [2.75, 3.05) is 0 Å². The van der Waals surface area contributed by atoms with E-state index in [0.29, 0.717) is 0 Å². The highest BCUT2D eigenvalue weighted by molar-refractivity contribution is 5.77. The summed E-state index contributed by atoms with van der Waals surface area (Å²) >= 11 is 0. The molecule has 1 aromatic carbocycles. The minimum absolute atomic E-state index is 0.762. The number of pyridine rings is 2. The summed E-state index contributed by atoms with van der Waals surface area (Å²) in [6.07, 6.45) is 8.56. The van der Waals surface area contributed by atoms with Crippen molar-refractivity contribution in [3.63, 3.8) is 0 Å². The van der Waals surface area contributed by atoms with Crippen LogP contribution in [0.2, 0.25) is 0 Å². The maximum Gasteiger partial charge on any atom is 0.0735 e. The molecule has 0 spiro atoms. The summed E-state index contributed by atoms with van der Waals surface area (Å²) in [5, 5.41) is 1.06. The first-order valence-electron chi connectivity index (χ1n) is 6.79. The van der Waals surface area contributed by atoms with Gasteiger partial charge >= 0.3 is 0 Å². The highest BCUT2D eigenvalue weighted by Gasteiger charge is 1.98. The highest BCUT2D eigenvalue weighted by atomic mass is 14.7. The van der Waals surface area contributed by atoms with Crippen LogP contribution in [0.25, 0.3) is 17.0 Å². The summed E-state index contributed by atoms with van der Waals surface area (Å²) in [5.74, 6) is 0. The van der Waals surface area contributed by atoms with Crippen LogP contribution in [0, 0.1) is 0 Å². The second-order valence-electron chi connectivity index (χ2n) is 4.70. The van der Waals surface area contributed by atoms with Gasteiger partial charge in [0.05, 0.1) is 11.2 Å². The number of rotatable bonds is 4. The highest BCUT2D eigenvalue weighted by Crippen LogP contribution is 2.19. The number of para-hydroxylation sites is 1. The van der Waals surface area contributed by atoms with Crippen LogP contribution >= 0.6 is 0 Å². The van der Waals surface area contributed by atoms with Gasteiger partial charge in [-0.1, -0.05) is 30.4 Å². The van der Waals surface area contributed by atoms with Crippen LogP contribution in [0.4, 0.5) is 5.69 Å². The maximum atomic E-state index is 4.45. The molecule has 0 unspecified atom stereocenters. The molecule has 2 aromatic heterocycles. The van der Waals surface area contributed by atoms with Crippen LogP contribution in [0.15, 0.2) is 65.9 Å². The Morgan fingerprint density at radius 2 is 2.00 bits per heavy atom. The molecule has 3 rings (SSSR count). The van der Waals surface area contributed by atoms with E-state index in [2.05, 4.69) is 27.8 Å². The molecule has 3 aromatic rings. The first-order chi connectivity index (χ1) is 10.4. The smallest absolute Gasteiger partial charge is 0.0735 e. The third-order valence-electron chi connectivity index (χ3n) is 3.28. The number of nitrogens with zero attached hydrogens (tertiary/aromatic N) is 3. The molecule has 102 valence electrons. The molecule has 0 N–H and O–H groups in total. The lowest BCUT2D eigenvalue weighted by Crippen LogP contribution is -1.88. The zero-order valence-corrected chi connectivity index (χ0v) is 11.6. The lowest BCUT2D eigenvalue weighted by molar-refractivity contribution is 1.12. The van der Waals surface area contributed by atoms with Crippen molar-refractivity contribution in [3.05, 3.63) is 72.2 Å². The Bertz CT molecular complexity index is 806. The number of aromatic nitrogens is 2. The number of aliphatic imine (C=N–C) groups is 1. The second kappa shape index (κ2) is 6.09. The van der Waals surface area contributed by atoms with Gasteiger partial charge in [-0.25, -0.2) is 0 Å². The minimum Gasteiger partial charge on any atom is -0.264 e. The quantitative estimate of drug-likeness (QED) is 0.667. The summed E-state index contributed by atoms with van der Waals surface area (Å²) in [7, 11) is 0. The van der Waals surface area contributed by atoms with E-state index in [1.165, 1.54) is 0 Å². The van der Waals surface area contributed by atoms with Gasteiger partial charge in [0.15, 0.2) is 0 Å². The Kier molecular flexibility index (Phi) is 3.83. The lowest BCUT2D eigenvalue weighted by atomic mass is 10.1. The normalized spacial score (nSPS) is 11.0. The van der Waals surface area contributed by atoms with Gasteiger partial charge in [0, 0.05) is 29.9 Å². The van der Waals surface area contributed by atoms with E-state index in [0.717, 1.165) is 34.3 Å². The molecule has 0 aliphatic rings. The molecule has 21 heavy (non-hydrogen) atoms. The zero-order valence-electron chi connectivity index (χ0n) is 11.6. The first-order valence-corrected chi connectivity index (χ1v) is 6.79. The van der Waals surface area contributed by atoms with Crippen LogP contribution in [-0.4, -0.2) is 16.7 Å². The number of hydrogen-bond donors (Lipinski definition) is 0. The van der Waals surface area contributed by atoms with Gasteiger partial charge in [-0.3, -0.25) is 15.0 Å². The largest absolute Gasteiger partial charge is 0.264 e. The molecular formula is C18H15N3. The fraction of sp³-hybridized carbons (Fsp3) is 0.0556. The summed E-state index contributed by atoms with van der Waals surface area (Å²) in [6, 6.07) is 13.9. The molecule has 0 saturated carbocycles. The molecule has 0 aliphatic carbocycles. The SMILES string of the molecule is C=Nc1ccccc1/C=C\Cc1cc2ncccc2cn1. The maximum absolute atomic E-state index is 4.45. The molecule has 0 fully saturated rings. The molecule has 0 amide bonds. The van der Waals surface area contributed by atoms with E-state index in [1.807, 2.05) is 54.7 Å². The van der Waals surface area contributed by atoms with E-state index in [1.54, 1.807) is 6.20 Å². The molecule has 0 aliphatic heterocycles. The van der Waals surface area contributed by atoms with Crippen molar-refractivity contribution in [1.29, 1.82) is 0 Å². The summed E-state index contributed by atoms with van der Waals surface area (Å²) in [4.78, 5) is 12.8. The summed E-state index contributed by atoms with van der Waals surface area (Å²) < 4.78 is 0. The Balaban J connectivity index is 1.79. The Hall–Kier alpha value is -2.81. The standard InChI is InChI=1S/C18H15N3/c1-19-17-10-3-2-6-14(17)7-4-9-16-12-18-15(13-21-16)8-5-11-20-18/h2-8,10-13H,1,9H2/b7-4-. The third kappa shape index (κ3) is 3.03. The Labute approximate surface area is 123 Å². The van der Waals surface area contributed by atoms with Crippen LogP contribution in [0.5, 0.6) is 0 Å². The Morgan fingerprint density at radius 3 is 2.90 bits per heavy atom. The monoisotopic (exact) mass is 273 g/mol. The number of allylic oxidation sites excluding steroid dienone is 1. The van der Waals surface area contributed by atoms with Gasteiger partial charge < -0.3 is 0 Å². The Morgan fingerprint density at radius 1 is 1.10 bits per heavy atom. The van der Waals surface area contributed by atoms with Gasteiger partial charge in [0.25, 0.3) is 0 Å². The van der Waals surface area contributed by atoms with Crippen molar-refractivity contribution in [1.82, 2.24) is 9.97 Å². The summed E-state index contributed by atoms with van der Waals surface area (Å²) in [6.45, 7) is 3.59. The van der Waals surface area contributed by atoms with Gasteiger partial charge in [-0.05, 0) is 36.5 Å². The van der Waals surface area contributed by atoms with Crippen LogP contribution < -0.4 is 0 Å². The lowest BCUT2D eigenvalue weighted by Gasteiger charge is -2.00. The number of hydrogen-bond acceptors (Lipinski definition) is 3. The molecule has 3 nitrogen and oxygen atoms in total. The summed E-state index contributed by atoms with van der Waals surface area (Å²) in [5.41, 5.74) is 3.93. The van der Waals surface area contributed by atoms with Gasteiger partial charge in [0.1, 0.15) is 0 Å².